The highest BCUT2D eigenvalue weighted by atomic mass is 16.2. The van der Waals surface area contributed by atoms with Crippen LogP contribution < -0.4 is 5.32 Å². The first-order valence-electron chi connectivity index (χ1n) is 8.08. The van der Waals surface area contributed by atoms with Crippen LogP contribution in [0.4, 0.5) is 4.79 Å². The van der Waals surface area contributed by atoms with E-state index in [1.807, 2.05) is 11.9 Å². The van der Waals surface area contributed by atoms with Gasteiger partial charge in [-0.05, 0) is 37.8 Å². The lowest BCUT2D eigenvalue weighted by atomic mass is 9.87. The topological polar surface area (TPSA) is 40.5 Å². The van der Waals surface area contributed by atoms with Crippen LogP contribution in [-0.4, -0.2) is 52.6 Å². The Kier molecular flexibility index (Phi) is 2.99. The molecule has 2 amide bonds. The maximum atomic E-state index is 11.7. The standard InChI is InChI=1S/C16H24N4O/c1-18-15(21)17-12-16(18)6-9-19(10-7-16)11-14-3-2-8-20(14)13-4-5-13/h2-3,8,13H,4-7,9-12H2,1H3,(H,17,21). The molecule has 5 nitrogen and oxygen atoms in total. The number of rotatable bonds is 3. The van der Waals surface area contributed by atoms with Crippen LogP contribution in [0.3, 0.4) is 0 Å². The molecule has 0 atom stereocenters. The summed E-state index contributed by atoms with van der Waals surface area (Å²) >= 11 is 0. The van der Waals surface area contributed by atoms with E-state index in [2.05, 4.69) is 33.1 Å². The van der Waals surface area contributed by atoms with Gasteiger partial charge in [-0.2, -0.15) is 0 Å². The van der Waals surface area contributed by atoms with Crippen LogP contribution >= 0.6 is 0 Å². The fraction of sp³-hybridized carbons (Fsp3) is 0.688. The number of hydrogen-bond acceptors (Lipinski definition) is 2. The summed E-state index contributed by atoms with van der Waals surface area (Å²) in [5, 5.41) is 2.99. The molecule has 21 heavy (non-hydrogen) atoms. The van der Waals surface area contributed by atoms with Crippen molar-refractivity contribution in [1.29, 1.82) is 0 Å². The lowest BCUT2D eigenvalue weighted by Gasteiger charge is -2.42. The normalized spacial score (nSPS) is 25.6. The van der Waals surface area contributed by atoms with E-state index < -0.39 is 0 Å². The van der Waals surface area contributed by atoms with Crippen LogP contribution in [0.15, 0.2) is 18.3 Å². The Bertz CT molecular complexity index is 540. The van der Waals surface area contributed by atoms with Crippen LogP contribution in [0.1, 0.15) is 37.4 Å². The second kappa shape index (κ2) is 4.77. The van der Waals surface area contributed by atoms with Gasteiger partial charge in [0, 0.05) is 51.2 Å². The Morgan fingerprint density at radius 3 is 2.71 bits per heavy atom. The molecule has 3 heterocycles. The SMILES string of the molecule is CN1C(=O)NCC12CCN(Cc1cccn1C1CC1)CC2. The summed E-state index contributed by atoms with van der Waals surface area (Å²) in [6.07, 6.45) is 7.05. The number of amides is 2. The molecule has 3 aliphatic rings. The second-order valence-corrected chi connectivity index (χ2v) is 6.86. The zero-order valence-corrected chi connectivity index (χ0v) is 12.7. The van der Waals surface area contributed by atoms with E-state index in [0.29, 0.717) is 0 Å². The first-order valence-corrected chi connectivity index (χ1v) is 8.08. The predicted molar refractivity (Wildman–Crippen MR) is 81.1 cm³/mol. The van der Waals surface area contributed by atoms with Crippen molar-refractivity contribution in [2.24, 2.45) is 0 Å². The number of carbonyl (C=O) groups is 1. The van der Waals surface area contributed by atoms with Crippen molar-refractivity contribution in [3.05, 3.63) is 24.0 Å². The molecular weight excluding hydrogens is 264 g/mol. The van der Waals surface area contributed by atoms with E-state index in [1.165, 1.54) is 18.5 Å². The van der Waals surface area contributed by atoms with Crippen molar-refractivity contribution >= 4 is 6.03 Å². The molecule has 114 valence electrons. The zero-order chi connectivity index (χ0) is 14.4. The molecule has 0 bridgehead atoms. The molecule has 5 heteroatoms. The summed E-state index contributed by atoms with van der Waals surface area (Å²) in [6.45, 7) is 4.02. The molecular formula is C16H24N4O. The Morgan fingerprint density at radius 2 is 2.10 bits per heavy atom. The van der Waals surface area contributed by atoms with E-state index in [-0.39, 0.29) is 11.6 Å². The van der Waals surface area contributed by atoms with E-state index in [1.54, 1.807) is 0 Å². The molecule has 3 fully saturated rings. The number of nitrogens with one attached hydrogen (secondary N) is 1. The summed E-state index contributed by atoms with van der Waals surface area (Å²) < 4.78 is 2.46. The van der Waals surface area contributed by atoms with Crippen molar-refractivity contribution < 1.29 is 4.79 Å². The molecule has 1 aromatic rings. The minimum Gasteiger partial charge on any atom is -0.347 e. The van der Waals surface area contributed by atoms with E-state index in [0.717, 1.165) is 45.1 Å². The fourth-order valence-electron chi connectivity index (χ4n) is 3.83. The molecule has 0 aromatic carbocycles. The van der Waals surface area contributed by atoms with Gasteiger partial charge in [0.2, 0.25) is 0 Å². The van der Waals surface area contributed by atoms with Crippen molar-refractivity contribution in [3.8, 4) is 0 Å². The number of carbonyl (C=O) groups excluding carboxylic acids is 1. The zero-order valence-electron chi connectivity index (χ0n) is 12.7. The van der Waals surface area contributed by atoms with Crippen molar-refractivity contribution in [3.63, 3.8) is 0 Å². The highest BCUT2D eigenvalue weighted by Crippen LogP contribution is 2.37. The van der Waals surface area contributed by atoms with Crippen LogP contribution in [0.2, 0.25) is 0 Å². The lowest BCUT2D eigenvalue weighted by molar-refractivity contribution is 0.0858. The van der Waals surface area contributed by atoms with Gasteiger partial charge in [-0.1, -0.05) is 0 Å². The Morgan fingerprint density at radius 1 is 1.33 bits per heavy atom. The van der Waals surface area contributed by atoms with Gasteiger partial charge in [0.1, 0.15) is 0 Å². The van der Waals surface area contributed by atoms with Crippen molar-refractivity contribution in [2.45, 2.75) is 43.8 Å². The highest BCUT2D eigenvalue weighted by Gasteiger charge is 2.45. The number of piperidine rings is 1. The lowest BCUT2D eigenvalue weighted by Crippen LogP contribution is -2.52. The molecule has 1 aromatic heterocycles. The number of nitrogens with zero attached hydrogens (tertiary/aromatic N) is 3. The van der Waals surface area contributed by atoms with Gasteiger partial charge in [-0.3, -0.25) is 4.90 Å². The van der Waals surface area contributed by atoms with Gasteiger partial charge in [0.25, 0.3) is 0 Å². The number of likely N-dealkylation sites (N-methyl/N-ethyl adjacent to an activating group) is 1. The number of hydrogen-bond donors (Lipinski definition) is 1. The van der Waals surface area contributed by atoms with E-state index >= 15 is 0 Å². The number of aromatic nitrogens is 1. The maximum Gasteiger partial charge on any atom is 0.317 e. The number of urea groups is 1. The molecule has 2 aliphatic heterocycles. The highest BCUT2D eigenvalue weighted by molar-refractivity contribution is 5.77. The third-order valence-corrected chi connectivity index (χ3v) is 5.56. The van der Waals surface area contributed by atoms with Gasteiger partial charge in [-0.25, -0.2) is 4.79 Å². The average molecular weight is 288 g/mol. The minimum atomic E-state index is 0.0616. The molecule has 0 radical (unpaired) electrons. The summed E-state index contributed by atoms with van der Waals surface area (Å²) in [5.74, 6) is 0. The largest absolute Gasteiger partial charge is 0.347 e. The third kappa shape index (κ3) is 2.24. The van der Waals surface area contributed by atoms with Gasteiger partial charge in [0.15, 0.2) is 0 Å². The smallest absolute Gasteiger partial charge is 0.317 e. The quantitative estimate of drug-likeness (QED) is 0.921. The van der Waals surface area contributed by atoms with Gasteiger partial charge >= 0.3 is 6.03 Å². The summed E-state index contributed by atoms with van der Waals surface area (Å²) in [7, 11) is 1.94. The second-order valence-electron chi connectivity index (χ2n) is 6.86. The summed E-state index contributed by atoms with van der Waals surface area (Å²) in [6, 6.07) is 5.28. The van der Waals surface area contributed by atoms with E-state index in [4.69, 9.17) is 0 Å². The maximum absolute atomic E-state index is 11.7. The molecule has 2 saturated heterocycles. The Hall–Kier alpha value is -1.49. The monoisotopic (exact) mass is 288 g/mol. The number of likely N-dealkylation sites (tertiary alicyclic amines) is 1. The fourth-order valence-corrected chi connectivity index (χ4v) is 3.83. The Balaban J connectivity index is 1.39. The molecule has 0 unspecified atom stereocenters. The van der Waals surface area contributed by atoms with Gasteiger partial charge < -0.3 is 14.8 Å². The molecule has 4 rings (SSSR count). The first kappa shape index (κ1) is 13.2. The minimum absolute atomic E-state index is 0.0616. The first-order chi connectivity index (χ1) is 10.2. The third-order valence-electron chi connectivity index (χ3n) is 5.56. The summed E-state index contributed by atoms with van der Waals surface area (Å²) in [5.41, 5.74) is 1.51. The average Bonchev–Trinajstić information content (AvgIpc) is 3.19. The van der Waals surface area contributed by atoms with Crippen molar-refractivity contribution in [1.82, 2.24) is 19.7 Å². The van der Waals surface area contributed by atoms with E-state index in [9.17, 15) is 4.79 Å². The van der Waals surface area contributed by atoms with Crippen LogP contribution in [0, 0.1) is 0 Å². The molecule has 1 N–H and O–H groups in total. The molecule has 1 aliphatic carbocycles. The van der Waals surface area contributed by atoms with Crippen LogP contribution in [-0.2, 0) is 6.54 Å². The van der Waals surface area contributed by atoms with Gasteiger partial charge in [-0.15, -0.1) is 0 Å². The Labute approximate surface area is 125 Å². The molecule has 1 saturated carbocycles. The van der Waals surface area contributed by atoms with Crippen molar-refractivity contribution in [2.75, 3.05) is 26.7 Å². The molecule has 1 spiro atoms. The van der Waals surface area contributed by atoms with Crippen LogP contribution in [0.5, 0.6) is 0 Å². The summed E-state index contributed by atoms with van der Waals surface area (Å²) in [4.78, 5) is 16.2. The predicted octanol–water partition coefficient (Wildman–Crippen LogP) is 1.81. The van der Waals surface area contributed by atoms with Crippen LogP contribution in [0.25, 0.3) is 0 Å². The van der Waals surface area contributed by atoms with Gasteiger partial charge in [0.05, 0.1) is 5.54 Å².